The molecule has 5 rings (SSSR count). The third-order valence-electron chi connectivity index (χ3n) is 6.19. The summed E-state index contributed by atoms with van der Waals surface area (Å²) in [5, 5.41) is 9.80. The van der Waals surface area contributed by atoms with Crippen LogP contribution in [0.1, 0.15) is 18.2 Å². The second-order valence-electron chi connectivity index (χ2n) is 8.20. The second kappa shape index (κ2) is 10.3. The molecule has 1 amide bonds. The van der Waals surface area contributed by atoms with E-state index < -0.39 is 11.7 Å². The Bertz CT molecular complexity index is 1240. The maximum Gasteiger partial charge on any atom is 0.282 e. The van der Waals surface area contributed by atoms with Crippen LogP contribution in [0.5, 0.6) is 0 Å². The number of carbonyl (C=O) groups is 1. The van der Waals surface area contributed by atoms with Crippen molar-refractivity contribution in [3.8, 4) is 6.07 Å². The van der Waals surface area contributed by atoms with E-state index in [0.29, 0.717) is 26.2 Å². The normalized spacial score (nSPS) is 15.1. The van der Waals surface area contributed by atoms with Crippen LogP contribution in [0.4, 0.5) is 15.9 Å². The highest BCUT2D eigenvalue weighted by molar-refractivity contribution is 5.94. The van der Waals surface area contributed by atoms with E-state index in [2.05, 4.69) is 68.8 Å². The maximum atomic E-state index is 13.2. The van der Waals surface area contributed by atoms with Gasteiger partial charge in [-0.25, -0.2) is 14.4 Å². The summed E-state index contributed by atoms with van der Waals surface area (Å²) >= 11 is 0. The molecule has 174 valence electrons. The molecule has 0 aliphatic carbocycles. The molecule has 0 N–H and O–H groups in total. The van der Waals surface area contributed by atoms with E-state index in [9.17, 15) is 9.18 Å². The van der Waals surface area contributed by atoms with Gasteiger partial charge in [0, 0.05) is 56.3 Å². The number of benzene rings is 2. The number of nitriles is 1. The van der Waals surface area contributed by atoms with E-state index in [1.54, 1.807) is 12.4 Å². The van der Waals surface area contributed by atoms with E-state index in [1.807, 2.05) is 0 Å². The quantitative estimate of drug-likeness (QED) is 0.555. The fourth-order valence-electron chi connectivity index (χ4n) is 4.59. The summed E-state index contributed by atoms with van der Waals surface area (Å²) < 4.78 is 13.2. The zero-order chi connectivity index (χ0) is 24.1. The first kappa shape index (κ1) is 23.2. The van der Waals surface area contributed by atoms with Crippen molar-refractivity contribution in [1.29, 1.82) is 5.26 Å². The van der Waals surface area contributed by atoms with Crippen LogP contribution in [0.15, 0.2) is 61.2 Å². The summed E-state index contributed by atoms with van der Waals surface area (Å²) in [5.41, 5.74) is 3.44. The lowest BCUT2D eigenvalue weighted by atomic mass is 10.0. The molecule has 0 atom stereocenters. The molecular weight excluding hydrogens is 431 g/mol. The predicted octanol–water partition coefficient (Wildman–Crippen LogP) is 3.85. The Morgan fingerprint density at radius 1 is 1.03 bits per heavy atom. The molecule has 8 heteroatoms. The molecule has 1 saturated heterocycles. The number of piperazine rings is 1. The molecule has 0 radical (unpaired) electrons. The molecule has 0 saturated carbocycles. The molecule has 7 nitrogen and oxygen atoms in total. The fourth-order valence-corrected chi connectivity index (χ4v) is 4.59. The van der Waals surface area contributed by atoms with Gasteiger partial charge >= 0.3 is 0 Å². The first-order chi connectivity index (χ1) is 16.5. The Morgan fingerprint density at radius 2 is 1.74 bits per heavy atom. The molecule has 0 bridgehead atoms. The van der Waals surface area contributed by atoms with Crippen LogP contribution in [0.3, 0.4) is 0 Å². The van der Waals surface area contributed by atoms with Crippen molar-refractivity contribution in [2.75, 3.05) is 42.5 Å². The number of amides is 1. The Labute approximate surface area is 198 Å². The van der Waals surface area contributed by atoms with Gasteiger partial charge in [-0.3, -0.25) is 4.79 Å². The SMILES string of the molecule is C=C(F)C(=O)N1CCN(c2ncnc3c2CCN(c2cccc4ccccc24)C3)CC1.CC#N. The first-order valence-electron chi connectivity index (χ1n) is 11.3. The minimum atomic E-state index is -0.901. The molecule has 3 aromatic rings. The standard InChI is InChI=1S/C24H24FN5O.C2H3N/c1-17(25)24(31)29-13-11-28(12-14-29)23-20-9-10-30(15-21(20)26-16-27-23)22-8-4-6-18-5-2-3-7-19(18)22;1-2-3/h2-8,16H,1,9-15H2;1H3. The van der Waals surface area contributed by atoms with Crippen molar-refractivity contribution >= 4 is 28.2 Å². The minimum Gasteiger partial charge on any atom is -0.365 e. The molecule has 34 heavy (non-hydrogen) atoms. The Balaban J connectivity index is 0.000000868. The van der Waals surface area contributed by atoms with Gasteiger partial charge in [-0.2, -0.15) is 5.26 Å². The third kappa shape index (κ3) is 4.69. The molecular formula is C26H27FN6O. The van der Waals surface area contributed by atoms with Crippen molar-refractivity contribution in [3.63, 3.8) is 0 Å². The Kier molecular flexibility index (Phi) is 7.02. The van der Waals surface area contributed by atoms with Gasteiger partial charge in [0.1, 0.15) is 12.1 Å². The fraction of sp³-hybridized carbons (Fsp3) is 0.308. The zero-order valence-electron chi connectivity index (χ0n) is 19.2. The van der Waals surface area contributed by atoms with Gasteiger partial charge in [0.25, 0.3) is 5.91 Å². The highest BCUT2D eigenvalue weighted by Crippen LogP contribution is 2.32. The van der Waals surface area contributed by atoms with Crippen LogP contribution in [-0.4, -0.2) is 53.5 Å². The van der Waals surface area contributed by atoms with Gasteiger partial charge in [-0.05, 0) is 17.9 Å². The van der Waals surface area contributed by atoms with Gasteiger partial charge < -0.3 is 14.7 Å². The number of fused-ring (bicyclic) bond motifs is 2. The number of aromatic nitrogens is 2. The van der Waals surface area contributed by atoms with E-state index >= 15 is 0 Å². The molecule has 1 aromatic heterocycles. The summed E-state index contributed by atoms with van der Waals surface area (Å²) in [6, 6.07) is 16.6. The van der Waals surface area contributed by atoms with Gasteiger partial charge in [-0.15, -0.1) is 0 Å². The molecule has 2 aliphatic rings. The molecule has 2 aliphatic heterocycles. The summed E-state index contributed by atoms with van der Waals surface area (Å²) in [6.45, 7) is 8.34. The number of hydrogen-bond donors (Lipinski definition) is 0. The van der Waals surface area contributed by atoms with E-state index in [1.165, 1.54) is 33.8 Å². The lowest BCUT2D eigenvalue weighted by molar-refractivity contribution is -0.128. The van der Waals surface area contributed by atoms with Crippen LogP contribution >= 0.6 is 0 Å². The van der Waals surface area contributed by atoms with Crippen molar-refractivity contribution in [2.45, 2.75) is 19.9 Å². The number of hydrogen-bond acceptors (Lipinski definition) is 6. The van der Waals surface area contributed by atoms with E-state index in [4.69, 9.17) is 5.26 Å². The molecule has 0 unspecified atom stereocenters. The highest BCUT2D eigenvalue weighted by Gasteiger charge is 2.28. The summed E-state index contributed by atoms with van der Waals surface area (Å²) in [4.78, 5) is 27.1. The topological polar surface area (TPSA) is 76.4 Å². The molecule has 3 heterocycles. The Morgan fingerprint density at radius 3 is 2.47 bits per heavy atom. The average molecular weight is 459 g/mol. The van der Waals surface area contributed by atoms with Crippen LogP contribution in [0.2, 0.25) is 0 Å². The largest absolute Gasteiger partial charge is 0.365 e. The summed E-state index contributed by atoms with van der Waals surface area (Å²) in [5.74, 6) is -0.578. The first-order valence-corrected chi connectivity index (χ1v) is 11.3. The second-order valence-corrected chi connectivity index (χ2v) is 8.20. The highest BCUT2D eigenvalue weighted by atomic mass is 19.1. The number of nitrogens with zero attached hydrogens (tertiary/aromatic N) is 6. The smallest absolute Gasteiger partial charge is 0.282 e. The van der Waals surface area contributed by atoms with Crippen LogP contribution in [-0.2, 0) is 17.8 Å². The molecule has 2 aromatic carbocycles. The number of anilines is 2. The zero-order valence-corrected chi connectivity index (χ0v) is 19.2. The van der Waals surface area contributed by atoms with Crippen molar-refractivity contribution < 1.29 is 9.18 Å². The van der Waals surface area contributed by atoms with E-state index in [-0.39, 0.29) is 0 Å². The number of rotatable bonds is 3. The summed E-state index contributed by atoms with van der Waals surface area (Å²) in [6.07, 6.45) is 2.48. The lowest BCUT2D eigenvalue weighted by Crippen LogP contribution is -2.49. The van der Waals surface area contributed by atoms with Crippen LogP contribution < -0.4 is 9.80 Å². The maximum absolute atomic E-state index is 13.2. The van der Waals surface area contributed by atoms with E-state index in [0.717, 1.165) is 31.0 Å². The van der Waals surface area contributed by atoms with Crippen molar-refractivity contribution in [1.82, 2.24) is 14.9 Å². The summed E-state index contributed by atoms with van der Waals surface area (Å²) in [7, 11) is 0. The monoisotopic (exact) mass is 458 g/mol. The number of halogens is 1. The molecule has 0 spiro atoms. The Hall–Kier alpha value is -3.99. The molecule has 1 fully saturated rings. The minimum absolute atomic E-state index is 0.461. The third-order valence-corrected chi connectivity index (χ3v) is 6.19. The van der Waals surface area contributed by atoms with Gasteiger partial charge in [0.05, 0.1) is 18.3 Å². The predicted molar refractivity (Wildman–Crippen MR) is 131 cm³/mol. The van der Waals surface area contributed by atoms with Crippen molar-refractivity contribution in [2.24, 2.45) is 0 Å². The lowest BCUT2D eigenvalue weighted by Gasteiger charge is -2.37. The van der Waals surface area contributed by atoms with Crippen LogP contribution in [0.25, 0.3) is 10.8 Å². The average Bonchev–Trinajstić information content (AvgIpc) is 2.88. The van der Waals surface area contributed by atoms with Crippen molar-refractivity contribution in [3.05, 3.63) is 72.5 Å². The van der Waals surface area contributed by atoms with Gasteiger partial charge in [0.15, 0.2) is 5.83 Å². The van der Waals surface area contributed by atoms with Crippen LogP contribution in [0, 0.1) is 11.3 Å². The number of carbonyl (C=O) groups excluding carboxylic acids is 1. The van der Waals surface area contributed by atoms with Gasteiger partial charge in [-0.1, -0.05) is 43.0 Å². The van der Waals surface area contributed by atoms with Gasteiger partial charge in [0.2, 0.25) is 0 Å².